The number of anilines is 2. The van der Waals surface area contributed by atoms with Crippen LogP contribution in [0.25, 0.3) is 0 Å². The molecule has 3 N–H and O–H groups in total. The van der Waals surface area contributed by atoms with Gasteiger partial charge in [0, 0.05) is 32.0 Å². The van der Waals surface area contributed by atoms with Gasteiger partial charge in [-0.2, -0.15) is 0 Å². The van der Waals surface area contributed by atoms with Crippen LogP contribution < -0.4 is 15.5 Å². The third kappa shape index (κ3) is 4.47. The summed E-state index contributed by atoms with van der Waals surface area (Å²) in [6.07, 6.45) is 0. The van der Waals surface area contributed by atoms with Crippen molar-refractivity contribution in [2.24, 2.45) is 0 Å². The van der Waals surface area contributed by atoms with Crippen molar-refractivity contribution in [2.75, 3.05) is 24.3 Å². The van der Waals surface area contributed by atoms with Crippen LogP contribution in [-0.4, -0.2) is 25.2 Å². The Bertz CT molecular complexity index is 684. The lowest BCUT2D eigenvalue weighted by Gasteiger charge is -2.16. The maximum absolute atomic E-state index is 12.1. The van der Waals surface area contributed by atoms with Gasteiger partial charge in [-0.3, -0.25) is 0 Å². The van der Waals surface area contributed by atoms with E-state index in [4.69, 9.17) is 0 Å². The molecule has 2 rings (SSSR count). The second-order valence-electron chi connectivity index (χ2n) is 5.63. The first-order valence-electron chi connectivity index (χ1n) is 7.51. The van der Waals surface area contributed by atoms with Crippen molar-refractivity contribution in [3.8, 4) is 0 Å². The number of hydrogen-bond donors (Lipinski definition) is 3. The molecule has 0 saturated carbocycles. The average molecular weight is 313 g/mol. The van der Waals surface area contributed by atoms with Gasteiger partial charge in [-0.05, 0) is 41.8 Å². The number of carbonyl (C=O) groups is 1. The molecule has 122 valence electrons. The highest BCUT2D eigenvalue weighted by Gasteiger charge is 2.07. The second kappa shape index (κ2) is 7.65. The maximum Gasteiger partial charge on any atom is 0.319 e. The zero-order valence-electron chi connectivity index (χ0n) is 13.8. The van der Waals surface area contributed by atoms with Crippen LogP contribution in [0.2, 0.25) is 0 Å². The zero-order chi connectivity index (χ0) is 16.8. The minimum atomic E-state index is -0.265. The molecule has 0 heterocycles. The molecule has 0 spiro atoms. The van der Waals surface area contributed by atoms with Crippen molar-refractivity contribution in [2.45, 2.75) is 20.1 Å². The molecule has 0 fully saturated rings. The van der Waals surface area contributed by atoms with E-state index in [2.05, 4.69) is 10.6 Å². The molecular weight excluding hydrogens is 290 g/mol. The first-order chi connectivity index (χ1) is 11.0. The molecule has 0 radical (unpaired) electrons. The Morgan fingerprint density at radius 1 is 1.13 bits per heavy atom. The van der Waals surface area contributed by atoms with Gasteiger partial charge >= 0.3 is 6.03 Å². The monoisotopic (exact) mass is 313 g/mol. The normalized spacial score (nSPS) is 10.3. The lowest BCUT2D eigenvalue weighted by molar-refractivity contribution is 0.251. The Morgan fingerprint density at radius 3 is 2.43 bits per heavy atom. The van der Waals surface area contributed by atoms with Crippen LogP contribution >= 0.6 is 0 Å². The van der Waals surface area contributed by atoms with Crippen LogP contribution in [-0.2, 0) is 13.2 Å². The van der Waals surface area contributed by atoms with E-state index in [0.29, 0.717) is 6.54 Å². The zero-order valence-corrected chi connectivity index (χ0v) is 13.8. The fraction of sp³-hybridized carbons (Fsp3) is 0.278. The summed E-state index contributed by atoms with van der Waals surface area (Å²) >= 11 is 0. The largest absolute Gasteiger partial charge is 0.392 e. The van der Waals surface area contributed by atoms with Gasteiger partial charge in [-0.25, -0.2) is 4.79 Å². The SMILES string of the molecule is Cc1cc(N(C)C)ccc1NC(=O)NCc1ccccc1CO. The van der Waals surface area contributed by atoms with Crippen molar-refractivity contribution < 1.29 is 9.90 Å². The van der Waals surface area contributed by atoms with E-state index < -0.39 is 0 Å². The molecule has 0 aliphatic carbocycles. The molecular formula is C18H23N3O2. The summed E-state index contributed by atoms with van der Waals surface area (Å²) in [6, 6.07) is 13.1. The number of urea groups is 1. The number of aliphatic hydroxyl groups is 1. The number of amides is 2. The lowest BCUT2D eigenvalue weighted by Crippen LogP contribution is -2.28. The van der Waals surface area contributed by atoms with Crippen LogP contribution in [0.4, 0.5) is 16.2 Å². The van der Waals surface area contributed by atoms with E-state index in [1.807, 2.05) is 68.4 Å². The summed E-state index contributed by atoms with van der Waals surface area (Å²) in [6.45, 7) is 2.30. The molecule has 23 heavy (non-hydrogen) atoms. The van der Waals surface area contributed by atoms with E-state index in [1.54, 1.807) is 0 Å². The molecule has 2 aromatic rings. The number of carbonyl (C=O) groups excluding carboxylic acids is 1. The summed E-state index contributed by atoms with van der Waals surface area (Å²) in [4.78, 5) is 14.1. The van der Waals surface area contributed by atoms with Crippen LogP contribution in [0.15, 0.2) is 42.5 Å². The number of nitrogens with one attached hydrogen (secondary N) is 2. The maximum atomic E-state index is 12.1. The van der Waals surface area contributed by atoms with Gasteiger partial charge in [0.25, 0.3) is 0 Å². The fourth-order valence-corrected chi connectivity index (χ4v) is 2.29. The van der Waals surface area contributed by atoms with E-state index in [0.717, 1.165) is 28.1 Å². The van der Waals surface area contributed by atoms with Crippen molar-refractivity contribution in [3.63, 3.8) is 0 Å². The van der Waals surface area contributed by atoms with E-state index in [1.165, 1.54) is 0 Å². The highest BCUT2D eigenvalue weighted by molar-refractivity contribution is 5.90. The van der Waals surface area contributed by atoms with Gasteiger partial charge < -0.3 is 20.6 Å². The Hall–Kier alpha value is -2.53. The average Bonchev–Trinajstić information content (AvgIpc) is 2.54. The van der Waals surface area contributed by atoms with Crippen LogP contribution in [0.1, 0.15) is 16.7 Å². The van der Waals surface area contributed by atoms with Gasteiger partial charge in [-0.1, -0.05) is 24.3 Å². The van der Waals surface area contributed by atoms with E-state index >= 15 is 0 Å². The second-order valence-corrected chi connectivity index (χ2v) is 5.63. The van der Waals surface area contributed by atoms with Crippen LogP contribution in [0.3, 0.4) is 0 Å². The molecule has 2 aromatic carbocycles. The minimum Gasteiger partial charge on any atom is -0.392 e. The number of benzene rings is 2. The Balaban J connectivity index is 1.97. The predicted octanol–water partition coefficient (Wildman–Crippen LogP) is 2.88. The minimum absolute atomic E-state index is 0.0371. The van der Waals surface area contributed by atoms with E-state index in [9.17, 15) is 9.90 Å². The first-order valence-corrected chi connectivity index (χ1v) is 7.51. The third-order valence-corrected chi connectivity index (χ3v) is 3.70. The number of aliphatic hydroxyl groups excluding tert-OH is 1. The lowest BCUT2D eigenvalue weighted by atomic mass is 10.1. The molecule has 5 nitrogen and oxygen atoms in total. The Labute approximate surface area is 136 Å². The summed E-state index contributed by atoms with van der Waals surface area (Å²) in [5.41, 5.74) is 4.60. The van der Waals surface area contributed by atoms with Gasteiger partial charge in [0.05, 0.1) is 6.61 Å². The number of aryl methyl sites for hydroxylation is 1. The molecule has 5 heteroatoms. The molecule has 0 unspecified atom stereocenters. The molecule has 0 atom stereocenters. The Kier molecular flexibility index (Phi) is 5.60. The quantitative estimate of drug-likeness (QED) is 0.795. The standard InChI is InChI=1S/C18H23N3O2/c1-13-10-16(21(2)3)8-9-17(13)20-18(23)19-11-14-6-4-5-7-15(14)12-22/h4-10,22H,11-12H2,1-3H3,(H2,19,20,23). The predicted molar refractivity (Wildman–Crippen MR) is 93.7 cm³/mol. The smallest absolute Gasteiger partial charge is 0.319 e. The van der Waals surface area contributed by atoms with Gasteiger partial charge in [0.1, 0.15) is 0 Å². The molecule has 0 bridgehead atoms. The summed E-state index contributed by atoms with van der Waals surface area (Å²) in [5.74, 6) is 0. The molecule has 0 saturated heterocycles. The molecule has 0 aliphatic rings. The third-order valence-electron chi connectivity index (χ3n) is 3.70. The van der Waals surface area contributed by atoms with Gasteiger partial charge in [0.2, 0.25) is 0 Å². The molecule has 0 aromatic heterocycles. The van der Waals surface area contributed by atoms with Crippen molar-refractivity contribution in [1.29, 1.82) is 0 Å². The van der Waals surface area contributed by atoms with Crippen molar-refractivity contribution in [3.05, 3.63) is 59.2 Å². The first kappa shape index (κ1) is 16.8. The summed E-state index contributed by atoms with van der Waals surface area (Å²) < 4.78 is 0. The fourth-order valence-electron chi connectivity index (χ4n) is 2.29. The summed E-state index contributed by atoms with van der Waals surface area (Å²) in [5, 5.41) is 15.0. The van der Waals surface area contributed by atoms with Crippen molar-refractivity contribution >= 4 is 17.4 Å². The molecule has 2 amide bonds. The Morgan fingerprint density at radius 2 is 1.83 bits per heavy atom. The van der Waals surface area contributed by atoms with Crippen LogP contribution in [0.5, 0.6) is 0 Å². The van der Waals surface area contributed by atoms with Gasteiger partial charge in [-0.15, -0.1) is 0 Å². The highest BCUT2D eigenvalue weighted by Crippen LogP contribution is 2.21. The number of rotatable bonds is 5. The van der Waals surface area contributed by atoms with Crippen molar-refractivity contribution in [1.82, 2.24) is 5.32 Å². The number of nitrogens with zero attached hydrogens (tertiary/aromatic N) is 1. The highest BCUT2D eigenvalue weighted by atomic mass is 16.3. The summed E-state index contributed by atoms with van der Waals surface area (Å²) in [7, 11) is 3.96. The number of hydrogen-bond acceptors (Lipinski definition) is 3. The van der Waals surface area contributed by atoms with Crippen LogP contribution in [0, 0.1) is 6.92 Å². The van der Waals surface area contributed by atoms with Gasteiger partial charge in [0.15, 0.2) is 0 Å². The topological polar surface area (TPSA) is 64.6 Å². The molecule has 0 aliphatic heterocycles. The van der Waals surface area contributed by atoms with E-state index in [-0.39, 0.29) is 12.6 Å².